The van der Waals surface area contributed by atoms with E-state index in [0.29, 0.717) is 0 Å². The molecule has 3 heteroatoms. The predicted molar refractivity (Wildman–Crippen MR) is 50.5 cm³/mol. The Labute approximate surface area is 79.1 Å². The van der Waals surface area contributed by atoms with Gasteiger partial charge in [-0.3, -0.25) is 9.59 Å². The lowest BCUT2D eigenvalue weighted by Gasteiger charge is -2.10. The van der Waals surface area contributed by atoms with E-state index in [1.54, 1.807) is 6.92 Å². The fourth-order valence-corrected chi connectivity index (χ4v) is 1.18. The molecule has 0 spiro atoms. The minimum absolute atomic E-state index is 0.00630. The van der Waals surface area contributed by atoms with Gasteiger partial charge in [0.2, 0.25) is 0 Å². The van der Waals surface area contributed by atoms with Crippen LogP contribution in [0, 0.1) is 11.8 Å². The summed E-state index contributed by atoms with van der Waals surface area (Å²) in [5.74, 6) is -1.37. The highest BCUT2D eigenvalue weighted by Gasteiger charge is 2.19. The van der Waals surface area contributed by atoms with Crippen LogP contribution in [0.4, 0.5) is 0 Å². The molecule has 0 aromatic rings. The summed E-state index contributed by atoms with van der Waals surface area (Å²) in [4.78, 5) is 21.8. The highest BCUT2D eigenvalue weighted by Crippen LogP contribution is 2.13. The largest absolute Gasteiger partial charge is 0.481 e. The molecular weight excluding hydrogens is 168 g/mol. The van der Waals surface area contributed by atoms with Gasteiger partial charge in [-0.2, -0.15) is 0 Å². The van der Waals surface area contributed by atoms with Gasteiger partial charge in [0.1, 0.15) is 5.78 Å². The molecule has 0 aromatic carbocycles. The van der Waals surface area contributed by atoms with Crippen molar-refractivity contribution in [3.63, 3.8) is 0 Å². The Bertz CT molecular complexity index is 187. The molecule has 2 unspecified atom stereocenters. The highest BCUT2D eigenvalue weighted by molar-refractivity contribution is 5.85. The van der Waals surface area contributed by atoms with Gasteiger partial charge >= 0.3 is 5.97 Å². The number of carbonyl (C=O) groups excluding carboxylic acids is 1. The van der Waals surface area contributed by atoms with E-state index >= 15 is 0 Å². The van der Waals surface area contributed by atoms with Crippen LogP contribution in [0.15, 0.2) is 0 Å². The fourth-order valence-electron chi connectivity index (χ4n) is 1.18. The van der Waals surface area contributed by atoms with Crippen LogP contribution < -0.4 is 0 Å². The van der Waals surface area contributed by atoms with Gasteiger partial charge in [0.15, 0.2) is 0 Å². The molecule has 76 valence electrons. The quantitative estimate of drug-likeness (QED) is 0.691. The number of carboxylic acids is 1. The predicted octanol–water partition coefficient (Wildman–Crippen LogP) is 2.10. The van der Waals surface area contributed by atoms with Gasteiger partial charge in [-0.25, -0.2) is 0 Å². The third-order valence-electron chi connectivity index (χ3n) is 2.20. The van der Waals surface area contributed by atoms with E-state index in [2.05, 4.69) is 0 Å². The van der Waals surface area contributed by atoms with Crippen LogP contribution in [-0.4, -0.2) is 16.9 Å². The summed E-state index contributed by atoms with van der Waals surface area (Å²) >= 11 is 0. The third kappa shape index (κ3) is 4.65. The smallest absolute Gasteiger partial charge is 0.306 e. The molecule has 1 N–H and O–H groups in total. The summed E-state index contributed by atoms with van der Waals surface area (Å²) in [5.41, 5.74) is 0. The number of ketones is 1. The van der Waals surface area contributed by atoms with Crippen LogP contribution >= 0.6 is 0 Å². The van der Waals surface area contributed by atoms with Crippen LogP contribution in [0.1, 0.15) is 40.0 Å². The van der Waals surface area contributed by atoms with Crippen molar-refractivity contribution in [1.82, 2.24) is 0 Å². The first-order chi connectivity index (χ1) is 5.99. The first-order valence-corrected chi connectivity index (χ1v) is 4.74. The van der Waals surface area contributed by atoms with Crippen LogP contribution in [-0.2, 0) is 9.59 Å². The number of aliphatic carboxylic acids is 1. The first kappa shape index (κ1) is 12.1. The monoisotopic (exact) mass is 186 g/mol. The molecule has 0 aliphatic carbocycles. The Morgan fingerprint density at radius 3 is 2.15 bits per heavy atom. The number of carboxylic acid groups (broad SMARTS) is 1. The van der Waals surface area contributed by atoms with Crippen molar-refractivity contribution >= 4 is 11.8 Å². The molecule has 0 saturated carbocycles. The molecule has 0 fully saturated rings. The molecule has 0 radical (unpaired) electrons. The lowest BCUT2D eigenvalue weighted by Crippen LogP contribution is -2.19. The van der Waals surface area contributed by atoms with Gasteiger partial charge in [0.25, 0.3) is 0 Å². The Hall–Kier alpha value is -0.860. The number of Topliss-reactive ketones (excluding diaryl/α,β-unsaturated/α-hetero) is 1. The second kappa shape index (κ2) is 5.73. The maximum absolute atomic E-state index is 11.4. The standard InChI is InChI=1S/C10H18O3/c1-4-5-7(2)9(11)6-8(3)10(12)13/h7-8H,4-6H2,1-3H3,(H,12,13). The number of hydrogen-bond donors (Lipinski definition) is 1. The summed E-state index contributed by atoms with van der Waals surface area (Å²) in [5, 5.41) is 8.59. The van der Waals surface area contributed by atoms with Crippen LogP contribution in [0.2, 0.25) is 0 Å². The number of carbonyl (C=O) groups is 2. The van der Waals surface area contributed by atoms with Gasteiger partial charge < -0.3 is 5.11 Å². The molecular formula is C10H18O3. The molecule has 0 saturated heterocycles. The Morgan fingerprint density at radius 2 is 1.77 bits per heavy atom. The normalized spacial score (nSPS) is 15.0. The Kier molecular flexibility index (Phi) is 5.35. The molecule has 0 aliphatic heterocycles. The maximum Gasteiger partial charge on any atom is 0.306 e. The first-order valence-electron chi connectivity index (χ1n) is 4.74. The SMILES string of the molecule is CCCC(C)C(=O)CC(C)C(=O)O. The average molecular weight is 186 g/mol. The summed E-state index contributed by atoms with van der Waals surface area (Å²) in [6, 6.07) is 0. The van der Waals surface area contributed by atoms with E-state index in [-0.39, 0.29) is 18.1 Å². The van der Waals surface area contributed by atoms with Crippen molar-refractivity contribution < 1.29 is 14.7 Å². The van der Waals surface area contributed by atoms with Gasteiger partial charge in [-0.15, -0.1) is 0 Å². The molecule has 0 rings (SSSR count). The second-order valence-corrected chi connectivity index (χ2v) is 3.60. The van der Waals surface area contributed by atoms with Crippen molar-refractivity contribution in [2.75, 3.05) is 0 Å². The minimum atomic E-state index is -0.892. The maximum atomic E-state index is 11.4. The van der Waals surface area contributed by atoms with E-state index in [1.807, 2.05) is 13.8 Å². The second-order valence-electron chi connectivity index (χ2n) is 3.60. The molecule has 0 aliphatic rings. The molecule has 0 heterocycles. The van der Waals surface area contributed by atoms with Crippen molar-refractivity contribution in [3.8, 4) is 0 Å². The molecule has 13 heavy (non-hydrogen) atoms. The zero-order valence-corrected chi connectivity index (χ0v) is 8.54. The topological polar surface area (TPSA) is 54.4 Å². The molecule has 0 bridgehead atoms. The third-order valence-corrected chi connectivity index (χ3v) is 2.20. The fraction of sp³-hybridized carbons (Fsp3) is 0.800. The van der Waals surface area contributed by atoms with Crippen molar-refractivity contribution in [2.24, 2.45) is 11.8 Å². The van der Waals surface area contributed by atoms with Crippen molar-refractivity contribution in [2.45, 2.75) is 40.0 Å². The van der Waals surface area contributed by atoms with E-state index < -0.39 is 11.9 Å². The summed E-state index contributed by atoms with van der Waals surface area (Å²) in [6.07, 6.45) is 1.98. The van der Waals surface area contributed by atoms with Crippen molar-refractivity contribution in [3.05, 3.63) is 0 Å². The summed E-state index contributed by atoms with van der Waals surface area (Å²) < 4.78 is 0. The van der Waals surface area contributed by atoms with Crippen LogP contribution in [0.5, 0.6) is 0 Å². The minimum Gasteiger partial charge on any atom is -0.481 e. The van der Waals surface area contributed by atoms with Gasteiger partial charge in [0.05, 0.1) is 5.92 Å². The van der Waals surface area contributed by atoms with Gasteiger partial charge in [0, 0.05) is 12.3 Å². The van der Waals surface area contributed by atoms with Crippen LogP contribution in [0.25, 0.3) is 0 Å². The number of hydrogen-bond acceptors (Lipinski definition) is 2. The summed E-state index contributed by atoms with van der Waals surface area (Å²) in [7, 11) is 0. The lowest BCUT2D eigenvalue weighted by molar-refractivity contribution is -0.143. The highest BCUT2D eigenvalue weighted by atomic mass is 16.4. The van der Waals surface area contributed by atoms with Crippen LogP contribution in [0.3, 0.4) is 0 Å². The zero-order valence-electron chi connectivity index (χ0n) is 8.54. The molecule has 2 atom stereocenters. The molecule has 0 amide bonds. The molecule has 0 aromatic heterocycles. The lowest BCUT2D eigenvalue weighted by atomic mass is 9.94. The van der Waals surface area contributed by atoms with Gasteiger partial charge in [-0.05, 0) is 6.42 Å². The average Bonchev–Trinajstić information content (AvgIpc) is 2.04. The summed E-state index contributed by atoms with van der Waals surface area (Å²) in [6.45, 7) is 5.45. The molecule has 3 nitrogen and oxygen atoms in total. The van der Waals surface area contributed by atoms with Crippen molar-refractivity contribution in [1.29, 1.82) is 0 Å². The zero-order chi connectivity index (χ0) is 10.4. The van der Waals surface area contributed by atoms with Gasteiger partial charge in [-0.1, -0.05) is 27.2 Å². The van der Waals surface area contributed by atoms with E-state index in [1.165, 1.54) is 0 Å². The van der Waals surface area contributed by atoms with E-state index in [0.717, 1.165) is 12.8 Å². The Balaban J connectivity index is 3.92. The number of rotatable bonds is 6. The van der Waals surface area contributed by atoms with E-state index in [4.69, 9.17) is 5.11 Å². The Morgan fingerprint density at radius 1 is 1.23 bits per heavy atom. The van der Waals surface area contributed by atoms with E-state index in [9.17, 15) is 9.59 Å².